The summed E-state index contributed by atoms with van der Waals surface area (Å²) in [6, 6.07) is 3.65. The summed E-state index contributed by atoms with van der Waals surface area (Å²) in [4.78, 5) is 30.8. The van der Waals surface area contributed by atoms with Crippen LogP contribution in [0.2, 0.25) is 5.02 Å². The highest BCUT2D eigenvalue weighted by molar-refractivity contribution is 14.1. The molecule has 0 spiro atoms. The minimum atomic E-state index is -0.583. The molecule has 0 aliphatic heterocycles. The zero-order valence-corrected chi connectivity index (χ0v) is 17.9. The van der Waals surface area contributed by atoms with Crippen molar-refractivity contribution in [3.8, 4) is 0 Å². The number of non-ortho nitro benzene ring substituents is 1. The van der Waals surface area contributed by atoms with E-state index in [-0.39, 0.29) is 22.8 Å². The molecule has 0 fully saturated rings. The smallest absolute Gasteiger partial charge is 0.270 e. The van der Waals surface area contributed by atoms with E-state index < -0.39 is 10.8 Å². The molecule has 0 aliphatic carbocycles. The van der Waals surface area contributed by atoms with E-state index >= 15 is 0 Å². The van der Waals surface area contributed by atoms with Crippen LogP contribution in [0.15, 0.2) is 24.4 Å². The number of nitro groups is 1. The standard InChI is InChI=1S/C16H14ClIN8O3/c1-8-20-5-9(15(19)22-8)7-25-14(18)13(23-24-25)6-21-16(27)11-3-2-10(26(28)29)4-12(11)17/h2-5H,6-7H2,1H3,(H,21,27)(H2,19,20,22). The van der Waals surface area contributed by atoms with Gasteiger partial charge in [-0.05, 0) is 35.6 Å². The third-order valence-electron chi connectivity index (χ3n) is 3.90. The average molecular weight is 529 g/mol. The number of nitrogens with two attached hydrogens (primary N) is 1. The lowest BCUT2D eigenvalue weighted by atomic mass is 10.2. The lowest BCUT2D eigenvalue weighted by Gasteiger charge is -2.07. The Bertz CT molecular complexity index is 1100. The fraction of sp³-hybridized carbons (Fsp3) is 0.188. The average Bonchev–Trinajstić information content (AvgIpc) is 3.01. The summed E-state index contributed by atoms with van der Waals surface area (Å²) < 4.78 is 2.32. The Balaban J connectivity index is 1.69. The lowest BCUT2D eigenvalue weighted by molar-refractivity contribution is -0.384. The highest BCUT2D eigenvalue weighted by Gasteiger charge is 2.17. The van der Waals surface area contributed by atoms with Gasteiger partial charge < -0.3 is 11.1 Å². The molecule has 0 atom stereocenters. The van der Waals surface area contributed by atoms with Crippen molar-refractivity contribution in [2.75, 3.05) is 5.73 Å². The number of rotatable bonds is 6. The van der Waals surface area contributed by atoms with Crippen LogP contribution in [0.4, 0.5) is 11.5 Å². The normalized spacial score (nSPS) is 10.7. The number of nitro benzene ring substituents is 1. The molecule has 0 bridgehead atoms. The predicted molar refractivity (Wildman–Crippen MR) is 112 cm³/mol. The predicted octanol–water partition coefficient (Wildman–Crippen LogP) is 2.10. The molecule has 0 radical (unpaired) electrons. The van der Waals surface area contributed by atoms with Crippen molar-refractivity contribution in [2.24, 2.45) is 0 Å². The Kier molecular flexibility index (Phi) is 6.22. The molecule has 0 saturated heterocycles. The second kappa shape index (κ2) is 8.65. The SMILES string of the molecule is Cc1ncc(Cn2nnc(CNC(=O)c3ccc([N+](=O)[O-])cc3Cl)c2I)c(N)n1. The second-order valence-electron chi connectivity index (χ2n) is 5.92. The van der Waals surface area contributed by atoms with Crippen LogP contribution in [-0.4, -0.2) is 35.8 Å². The molecule has 3 aromatic rings. The van der Waals surface area contributed by atoms with Crippen molar-refractivity contribution >= 4 is 51.6 Å². The molecule has 11 nitrogen and oxygen atoms in total. The third-order valence-corrected chi connectivity index (χ3v) is 5.39. The van der Waals surface area contributed by atoms with Gasteiger partial charge in [-0.3, -0.25) is 14.9 Å². The number of nitrogens with one attached hydrogen (secondary N) is 1. The van der Waals surface area contributed by atoms with Crippen LogP contribution in [0.3, 0.4) is 0 Å². The van der Waals surface area contributed by atoms with E-state index in [2.05, 4.69) is 48.2 Å². The fourth-order valence-electron chi connectivity index (χ4n) is 2.40. The second-order valence-corrected chi connectivity index (χ2v) is 7.35. The van der Waals surface area contributed by atoms with E-state index in [0.717, 1.165) is 6.07 Å². The van der Waals surface area contributed by atoms with Gasteiger partial charge >= 0.3 is 0 Å². The minimum absolute atomic E-state index is 0.00935. The number of nitrogens with zero attached hydrogens (tertiary/aromatic N) is 6. The molecule has 3 rings (SSSR count). The molecular formula is C16H14ClIN8O3. The summed E-state index contributed by atoms with van der Waals surface area (Å²) in [5.41, 5.74) is 7.09. The van der Waals surface area contributed by atoms with Gasteiger partial charge in [0.1, 0.15) is 21.0 Å². The van der Waals surface area contributed by atoms with Gasteiger partial charge in [0.25, 0.3) is 11.6 Å². The highest BCUT2D eigenvalue weighted by atomic mass is 127. The van der Waals surface area contributed by atoms with Gasteiger partial charge in [0.15, 0.2) is 0 Å². The number of aryl methyl sites for hydroxylation is 1. The largest absolute Gasteiger partial charge is 0.383 e. The van der Waals surface area contributed by atoms with Crippen LogP contribution in [-0.2, 0) is 13.1 Å². The molecule has 0 aliphatic rings. The van der Waals surface area contributed by atoms with E-state index in [4.69, 9.17) is 17.3 Å². The van der Waals surface area contributed by atoms with Crippen LogP contribution < -0.4 is 11.1 Å². The van der Waals surface area contributed by atoms with Crippen molar-refractivity contribution in [3.63, 3.8) is 0 Å². The molecule has 1 aromatic carbocycles. The first-order valence-corrected chi connectivity index (χ1v) is 9.60. The van der Waals surface area contributed by atoms with E-state index in [0.29, 0.717) is 33.1 Å². The van der Waals surface area contributed by atoms with Gasteiger partial charge in [-0.25, -0.2) is 14.6 Å². The van der Waals surface area contributed by atoms with Crippen LogP contribution in [0, 0.1) is 20.7 Å². The van der Waals surface area contributed by atoms with E-state index in [1.807, 2.05) is 0 Å². The van der Waals surface area contributed by atoms with E-state index in [9.17, 15) is 14.9 Å². The Morgan fingerprint density at radius 2 is 2.21 bits per heavy atom. The molecule has 0 unspecified atom stereocenters. The Labute approximate surface area is 183 Å². The summed E-state index contributed by atoms with van der Waals surface area (Å²) in [5.74, 6) is 0.464. The van der Waals surface area contributed by atoms with Gasteiger partial charge in [-0.15, -0.1) is 5.10 Å². The number of amides is 1. The van der Waals surface area contributed by atoms with Gasteiger partial charge in [0, 0.05) is 23.9 Å². The number of hydrogen-bond acceptors (Lipinski definition) is 8. The zero-order valence-electron chi connectivity index (χ0n) is 15.0. The highest BCUT2D eigenvalue weighted by Crippen LogP contribution is 2.22. The molecule has 150 valence electrons. The molecule has 29 heavy (non-hydrogen) atoms. The molecule has 0 saturated carbocycles. The summed E-state index contributed by atoms with van der Waals surface area (Å²) >= 11 is 8.04. The Hall–Kier alpha value is -2.87. The molecule has 13 heteroatoms. The number of nitrogen functional groups attached to an aromatic ring is 1. The van der Waals surface area contributed by atoms with Crippen molar-refractivity contribution in [3.05, 3.63) is 65.9 Å². The minimum Gasteiger partial charge on any atom is -0.383 e. The van der Waals surface area contributed by atoms with E-state index in [1.54, 1.807) is 17.8 Å². The zero-order chi connectivity index (χ0) is 21.1. The molecule has 2 heterocycles. The number of halogens is 2. The molecule has 3 N–H and O–H groups in total. The van der Waals surface area contributed by atoms with Gasteiger partial charge in [-0.1, -0.05) is 16.8 Å². The Morgan fingerprint density at radius 3 is 2.86 bits per heavy atom. The monoisotopic (exact) mass is 528 g/mol. The first-order valence-electron chi connectivity index (χ1n) is 8.14. The first kappa shape index (κ1) is 20.9. The van der Waals surface area contributed by atoms with Crippen molar-refractivity contribution < 1.29 is 9.72 Å². The topological polar surface area (TPSA) is 155 Å². The first-order chi connectivity index (χ1) is 13.8. The van der Waals surface area contributed by atoms with Crippen molar-refractivity contribution in [1.82, 2.24) is 30.3 Å². The van der Waals surface area contributed by atoms with Gasteiger partial charge in [-0.2, -0.15) is 0 Å². The van der Waals surface area contributed by atoms with Crippen molar-refractivity contribution in [2.45, 2.75) is 20.0 Å². The lowest BCUT2D eigenvalue weighted by Crippen LogP contribution is -2.24. The van der Waals surface area contributed by atoms with Crippen LogP contribution >= 0.6 is 34.2 Å². The number of benzene rings is 1. The number of carbonyl (C=O) groups excluding carboxylic acids is 1. The summed E-state index contributed by atoms with van der Waals surface area (Å²) in [7, 11) is 0. The van der Waals surface area contributed by atoms with Crippen LogP contribution in [0.5, 0.6) is 0 Å². The molecule has 1 amide bonds. The van der Waals surface area contributed by atoms with Gasteiger partial charge in [0.2, 0.25) is 0 Å². The maximum atomic E-state index is 12.3. The van der Waals surface area contributed by atoms with Gasteiger partial charge in [0.05, 0.1) is 28.6 Å². The van der Waals surface area contributed by atoms with Crippen LogP contribution in [0.1, 0.15) is 27.4 Å². The van der Waals surface area contributed by atoms with Crippen molar-refractivity contribution in [1.29, 1.82) is 0 Å². The summed E-state index contributed by atoms with van der Waals surface area (Å²) in [6.07, 6.45) is 1.63. The molecule has 2 aromatic heterocycles. The number of hydrogen-bond donors (Lipinski definition) is 2. The van der Waals surface area contributed by atoms with Crippen LogP contribution in [0.25, 0.3) is 0 Å². The number of anilines is 1. The number of aromatic nitrogens is 5. The Morgan fingerprint density at radius 1 is 1.45 bits per heavy atom. The quantitative estimate of drug-likeness (QED) is 0.280. The maximum Gasteiger partial charge on any atom is 0.270 e. The third kappa shape index (κ3) is 4.76. The number of carbonyl (C=O) groups is 1. The van der Waals surface area contributed by atoms with E-state index in [1.165, 1.54) is 12.1 Å². The summed E-state index contributed by atoms with van der Waals surface area (Å²) in [5, 5.41) is 21.6. The summed E-state index contributed by atoms with van der Waals surface area (Å²) in [6.45, 7) is 2.18. The molecular weight excluding hydrogens is 515 g/mol. The fourth-order valence-corrected chi connectivity index (χ4v) is 3.23. The maximum absolute atomic E-state index is 12.3.